The average molecular weight is 211 g/mol. The van der Waals surface area contributed by atoms with E-state index in [1.807, 2.05) is 30.3 Å². The van der Waals surface area contributed by atoms with E-state index < -0.39 is 6.10 Å². The van der Waals surface area contributed by atoms with E-state index in [4.69, 9.17) is 0 Å². The number of hydrogen-bond donors (Lipinski definition) is 1. The van der Waals surface area contributed by atoms with E-state index in [1.165, 1.54) is 0 Å². The Morgan fingerprint density at radius 2 is 2.12 bits per heavy atom. The standard InChI is InChI=1S/C14H13NO/c1-2-3-8-13(16)14-12-7-5-4-6-11(12)9-10-15-14/h4-7,9-10,13,16H,8H2,1H3. The molecule has 2 heteroatoms. The highest BCUT2D eigenvalue weighted by Gasteiger charge is 2.10. The number of pyridine rings is 1. The van der Waals surface area contributed by atoms with Gasteiger partial charge in [0.15, 0.2) is 0 Å². The second-order valence-corrected chi connectivity index (χ2v) is 3.56. The maximum Gasteiger partial charge on any atom is 0.107 e. The molecule has 1 atom stereocenters. The molecule has 0 bridgehead atoms. The quantitative estimate of drug-likeness (QED) is 0.775. The topological polar surface area (TPSA) is 33.1 Å². The second-order valence-electron chi connectivity index (χ2n) is 3.56. The minimum atomic E-state index is -0.612. The predicted molar refractivity (Wildman–Crippen MR) is 64.8 cm³/mol. The molecule has 0 aliphatic carbocycles. The Labute approximate surface area is 95.0 Å². The Bertz CT molecular complexity index is 546. The van der Waals surface area contributed by atoms with Crippen molar-refractivity contribution in [3.05, 3.63) is 42.2 Å². The maximum atomic E-state index is 9.98. The van der Waals surface area contributed by atoms with Crippen molar-refractivity contribution in [2.24, 2.45) is 0 Å². The van der Waals surface area contributed by atoms with Crippen LogP contribution in [0.4, 0.5) is 0 Å². The van der Waals surface area contributed by atoms with Gasteiger partial charge < -0.3 is 5.11 Å². The lowest BCUT2D eigenvalue weighted by molar-refractivity contribution is 0.181. The molecule has 1 aromatic carbocycles. The van der Waals surface area contributed by atoms with E-state index >= 15 is 0 Å². The first-order valence-electron chi connectivity index (χ1n) is 5.24. The van der Waals surface area contributed by atoms with Crippen molar-refractivity contribution >= 4 is 10.8 Å². The summed E-state index contributed by atoms with van der Waals surface area (Å²) in [6.07, 6.45) is 1.54. The van der Waals surface area contributed by atoms with Crippen LogP contribution in [-0.4, -0.2) is 10.1 Å². The van der Waals surface area contributed by atoms with Gasteiger partial charge in [0.05, 0.1) is 5.69 Å². The molecule has 1 heterocycles. The van der Waals surface area contributed by atoms with Crippen LogP contribution in [0.1, 0.15) is 25.1 Å². The van der Waals surface area contributed by atoms with Gasteiger partial charge in [0.2, 0.25) is 0 Å². The zero-order valence-corrected chi connectivity index (χ0v) is 9.14. The summed E-state index contributed by atoms with van der Waals surface area (Å²) in [5.74, 6) is 5.65. The Hall–Kier alpha value is -1.85. The zero-order chi connectivity index (χ0) is 11.4. The third-order valence-electron chi connectivity index (χ3n) is 2.49. The first-order chi connectivity index (χ1) is 7.83. The van der Waals surface area contributed by atoms with E-state index in [2.05, 4.69) is 16.8 Å². The highest BCUT2D eigenvalue weighted by molar-refractivity contribution is 5.84. The fraction of sp³-hybridized carbons (Fsp3) is 0.214. The lowest BCUT2D eigenvalue weighted by Gasteiger charge is -2.09. The molecule has 0 aliphatic rings. The van der Waals surface area contributed by atoms with Crippen molar-refractivity contribution < 1.29 is 5.11 Å². The van der Waals surface area contributed by atoms with Crippen LogP contribution in [0.25, 0.3) is 10.8 Å². The van der Waals surface area contributed by atoms with Crippen LogP contribution in [-0.2, 0) is 0 Å². The molecule has 80 valence electrons. The number of fused-ring (bicyclic) bond motifs is 1. The molecule has 0 fully saturated rings. The Balaban J connectivity index is 2.46. The number of rotatable bonds is 2. The predicted octanol–water partition coefficient (Wildman–Crippen LogP) is 2.68. The summed E-state index contributed by atoms with van der Waals surface area (Å²) in [7, 11) is 0. The van der Waals surface area contributed by atoms with Crippen molar-refractivity contribution in [2.45, 2.75) is 19.4 Å². The summed E-state index contributed by atoms with van der Waals surface area (Å²) in [5, 5.41) is 12.1. The van der Waals surface area contributed by atoms with Gasteiger partial charge in [0.1, 0.15) is 6.10 Å². The molecule has 2 rings (SSSR count). The Kier molecular flexibility index (Phi) is 3.19. The normalized spacial score (nSPS) is 11.9. The van der Waals surface area contributed by atoms with Gasteiger partial charge in [-0.25, -0.2) is 0 Å². The Morgan fingerprint density at radius 1 is 1.31 bits per heavy atom. The third-order valence-corrected chi connectivity index (χ3v) is 2.49. The molecule has 0 aliphatic heterocycles. The molecule has 1 unspecified atom stereocenters. The zero-order valence-electron chi connectivity index (χ0n) is 9.14. The first kappa shape index (κ1) is 10.7. The minimum absolute atomic E-state index is 0.428. The lowest BCUT2D eigenvalue weighted by atomic mass is 10.0. The molecule has 0 saturated heterocycles. The minimum Gasteiger partial charge on any atom is -0.386 e. The molecule has 0 amide bonds. The molecule has 2 nitrogen and oxygen atoms in total. The highest BCUT2D eigenvalue weighted by atomic mass is 16.3. The summed E-state index contributed by atoms with van der Waals surface area (Å²) in [6.45, 7) is 1.77. The SMILES string of the molecule is CC#CCC(O)c1nccc2ccccc12. The van der Waals surface area contributed by atoms with Crippen LogP contribution >= 0.6 is 0 Å². The molecule has 0 radical (unpaired) electrons. The summed E-state index contributed by atoms with van der Waals surface area (Å²) < 4.78 is 0. The van der Waals surface area contributed by atoms with Gasteiger partial charge in [-0.2, -0.15) is 0 Å². The van der Waals surface area contributed by atoms with Crippen LogP contribution < -0.4 is 0 Å². The fourth-order valence-corrected chi connectivity index (χ4v) is 1.70. The molecular formula is C14H13NO. The smallest absolute Gasteiger partial charge is 0.107 e. The number of hydrogen-bond acceptors (Lipinski definition) is 2. The summed E-state index contributed by atoms with van der Waals surface area (Å²) in [6, 6.07) is 9.85. The van der Waals surface area contributed by atoms with Crippen LogP contribution in [0.3, 0.4) is 0 Å². The molecule has 1 N–H and O–H groups in total. The first-order valence-corrected chi connectivity index (χ1v) is 5.24. The van der Waals surface area contributed by atoms with Crippen LogP contribution in [0.15, 0.2) is 36.5 Å². The van der Waals surface area contributed by atoms with Gasteiger partial charge in [-0.15, -0.1) is 11.8 Å². The fourth-order valence-electron chi connectivity index (χ4n) is 1.70. The molecule has 1 aromatic heterocycles. The van der Waals surface area contributed by atoms with E-state index in [-0.39, 0.29) is 0 Å². The van der Waals surface area contributed by atoms with Gasteiger partial charge in [-0.1, -0.05) is 24.3 Å². The van der Waals surface area contributed by atoms with Crippen molar-refractivity contribution in [1.82, 2.24) is 4.98 Å². The number of benzene rings is 1. The lowest BCUT2D eigenvalue weighted by Crippen LogP contribution is -2.00. The van der Waals surface area contributed by atoms with Gasteiger partial charge in [-0.3, -0.25) is 4.98 Å². The van der Waals surface area contributed by atoms with E-state index in [9.17, 15) is 5.11 Å². The molecule has 0 spiro atoms. The molecule has 0 saturated carbocycles. The third kappa shape index (κ3) is 2.05. The summed E-state index contributed by atoms with van der Waals surface area (Å²) >= 11 is 0. The van der Waals surface area contributed by atoms with Crippen molar-refractivity contribution in [3.63, 3.8) is 0 Å². The largest absolute Gasteiger partial charge is 0.386 e. The van der Waals surface area contributed by atoms with Gasteiger partial charge in [0, 0.05) is 18.0 Å². The van der Waals surface area contributed by atoms with Crippen molar-refractivity contribution in [1.29, 1.82) is 0 Å². The van der Waals surface area contributed by atoms with Crippen molar-refractivity contribution in [2.75, 3.05) is 0 Å². The van der Waals surface area contributed by atoms with E-state index in [0.29, 0.717) is 12.1 Å². The second kappa shape index (κ2) is 4.78. The van der Waals surface area contributed by atoms with E-state index in [0.717, 1.165) is 10.8 Å². The molecule has 2 aromatic rings. The number of nitrogens with zero attached hydrogens (tertiary/aromatic N) is 1. The number of aliphatic hydroxyl groups excluding tert-OH is 1. The maximum absolute atomic E-state index is 9.98. The molecule has 16 heavy (non-hydrogen) atoms. The van der Waals surface area contributed by atoms with Crippen LogP contribution in [0.2, 0.25) is 0 Å². The van der Waals surface area contributed by atoms with E-state index in [1.54, 1.807) is 13.1 Å². The number of aliphatic hydroxyl groups is 1. The molecular weight excluding hydrogens is 198 g/mol. The van der Waals surface area contributed by atoms with Gasteiger partial charge >= 0.3 is 0 Å². The summed E-state index contributed by atoms with van der Waals surface area (Å²) in [4.78, 5) is 4.24. The highest BCUT2D eigenvalue weighted by Crippen LogP contribution is 2.23. The summed E-state index contributed by atoms with van der Waals surface area (Å²) in [5.41, 5.74) is 0.709. The average Bonchev–Trinajstić information content (AvgIpc) is 2.35. The van der Waals surface area contributed by atoms with Crippen LogP contribution in [0, 0.1) is 11.8 Å². The van der Waals surface area contributed by atoms with Gasteiger partial charge in [0.25, 0.3) is 0 Å². The van der Waals surface area contributed by atoms with Gasteiger partial charge in [-0.05, 0) is 18.4 Å². The number of aromatic nitrogens is 1. The van der Waals surface area contributed by atoms with Crippen LogP contribution in [0.5, 0.6) is 0 Å². The Morgan fingerprint density at radius 3 is 2.94 bits per heavy atom. The monoisotopic (exact) mass is 211 g/mol. The van der Waals surface area contributed by atoms with Crippen molar-refractivity contribution in [3.8, 4) is 11.8 Å².